The maximum atomic E-state index is 13.0. The van der Waals surface area contributed by atoms with Gasteiger partial charge in [-0.05, 0) is 42.8 Å². The van der Waals surface area contributed by atoms with Gasteiger partial charge in [-0.25, -0.2) is 4.98 Å². The number of fused-ring (bicyclic) bond motifs is 1. The lowest BCUT2D eigenvalue weighted by Crippen LogP contribution is -2.52. The van der Waals surface area contributed by atoms with Crippen LogP contribution in [0, 0.1) is 6.92 Å². The van der Waals surface area contributed by atoms with Crippen molar-refractivity contribution in [3.63, 3.8) is 0 Å². The summed E-state index contributed by atoms with van der Waals surface area (Å²) in [4.78, 5) is 6.50. The number of aromatic amines is 1. The van der Waals surface area contributed by atoms with E-state index in [1.807, 2.05) is 17.9 Å². The highest BCUT2D eigenvalue weighted by molar-refractivity contribution is 5.84. The summed E-state index contributed by atoms with van der Waals surface area (Å²) in [5.41, 5.74) is 3.75. The molecule has 1 saturated heterocycles. The fourth-order valence-corrected chi connectivity index (χ4v) is 3.88. The number of phenols is 1. The second-order valence-corrected chi connectivity index (χ2v) is 7.39. The molecule has 1 fully saturated rings. The number of halogens is 3. The van der Waals surface area contributed by atoms with Gasteiger partial charge in [0, 0.05) is 43.2 Å². The van der Waals surface area contributed by atoms with Gasteiger partial charge in [-0.1, -0.05) is 0 Å². The Hall–Kier alpha value is -2.65. The molecule has 0 amide bonds. The highest BCUT2D eigenvalue weighted by Gasteiger charge is 2.36. The SMILES string of the molecule is Cc1n[nH]c2nc(-c3ccc(O)cc3)cc(CN3CCNC[C@H]3CC(F)(F)F)c12. The number of rotatable bonds is 4. The lowest BCUT2D eigenvalue weighted by molar-refractivity contribution is -0.149. The van der Waals surface area contributed by atoms with Gasteiger partial charge in [0.15, 0.2) is 5.65 Å². The Morgan fingerprint density at radius 2 is 2.00 bits per heavy atom. The van der Waals surface area contributed by atoms with Crippen LogP contribution < -0.4 is 5.32 Å². The number of benzene rings is 1. The zero-order valence-electron chi connectivity index (χ0n) is 15.9. The van der Waals surface area contributed by atoms with Crippen LogP contribution >= 0.6 is 0 Å². The minimum Gasteiger partial charge on any atom is -0.508 e. The molecule has 1 aliphatic rings. The van der Waals surface area contributed by atoms with Crippen molar-refractivity contribution in [2.24, 2.45) is 0 Å². The molecule has 154 valence electrons. The van der Waals surface area contributed by atoms with E-state index in [1.54, 1.807) is 24.3 Å². The second-order valence-electron chi connectivity index (χ2n) is 7.39. The number of aromatic hydroxyl groups is 1. The number of nitrogens with one attached hydrogen (secondary N) is 2. The zero-order valence-corrected chi connectivity index (χ0v) is 15.9. The highest BCUT2D eigenvalue weighted by Crippen LogP contribution is 2.30. The van der Waals surface area contributed by atoms with Crippen molar-refractivity contribution in [2.45, 2.75) is 32.1 Å². The zero-order chi connectivity index (χ0) is 20.6. The molecule has 6 nitrogen and oxygen atoms in total. The minimum absolute atomic E-state index is 0.156. The van der Waals surface area contributed by atoms with Crippen molar-refractivity contribution in [1.29, 1.82) is 0 Å². The molecule has 0 aliphatic carbocycles. The quantitative estimate of drug-likeness (QED) is 0.621. The first-order valence-corrected chi connectivity index (χ1v) is 9.46. The maximum absolute atomic E-state index is 13.0. The molecule has 0 spiro atoms. The van der Waals surface area contributed by atoms with E-state index in [-0.39, 0.29) is 5.75 Å². The van der Waals surface area contributed by atoms with Gasteiger partial charge < -0.3 is 10.4 Å². The normalized spacial score (nSPS) is 18.4. The van der Waals surface area contributed by atoms with Crippen LogP contribution in [0.4, 0.5) is 13.2 Å². The van der Waals surface area contributed by atoms with Crippen molar-refractivity contribution in [2.75, 3.05) is 19.6 Å². The van der Waals surface area contributed by atoms with Crippen molar-refractivity contribution in [1.82, 2.24) is 25.4 Å². The lowest BCUT2D eigenvalue weighted by atomic mass is 10.0. The smallest absolute Gasteiger partial charge is 0.390 e. The van der Waals surface area contributed by atoms with Crippen LogP contribution in [0.25, 0.3) is 22.3 Å². The number of aryl methyl sites for hydroxylation is 1. The molecule has 29 heavy (non-hydrogen) atoms. The molecule has 0 radical (unpaired) electrons. The number of piperazine rings is 1. The molecular weight excluding hydrogens is 383 g/mol. The first kappa shape index (κ1) is 19.7. The Bertz CT molecular complexity index is 1000. The summed E-state index contributed by atoms with van der Waals surface area (Å²) in [5, 5.41) is 20.6. The van der Waals surface area contributed by atoms with E-state index in [0.717, 1.165) is 22.2 Å². The van der Waals surface area contributed by atoms with Crippen molar-refractivity contribution < 1.29 is 18.3 Å². The van der Waals surface area contributed by atoms with Gasteiger partial charge in [0.25, 0.3) is 0 Å². The summed E-state index contributed by atoms with van der Waals surface area (Å²) < 4.78 is 39.1. The average molecular weight is 405 g/mol. The van der Waals surface area contributed by atoms with Crippen molar-refractivity contribution in [3.8, 4) is 17.0 Å². The largest absolute Gasteiger partial charge is 0.508 e. The van der Waals surface area contributed by atoms with E-state index >= 15 is 0 Å². The Balaban J connectivity index is 1.71. The molecule has 0 saturated carbocycles. The molecule has 3 aromatic rings. The van der Waals surface area contributed by atoms with E-state index in [1.165, 1.54) is 0 Å². The Kier molecular flexibility index (Phi) is 5.18. The molecule has 1 aliphatic heterocycles. The summed E-state index contributed by atoms with van der Waals surface area (Å²) in [7, 11) is 0. The number of nitrogens with zero attached hydrogens (tertiary/aromatic N) is 3. The predicted molar refractivity (Wildman–Crippen MR) is 103 cm³/mol. The number of hydrogen-bond donors (Lipinski definition) is 3. The number of H-pyrrole nitrogens is 1. The Morgan fingerprint density at radius 1 is 1.24 bits per heavy atom. The second kappa shape index (κ2) is 7.64. The monoisotopic (exact) mass is 405 g/mol. The van der Waals surface area contributed by atoms with Crippen molar-refractivity contribution >= 4 is 11.0 Å². The lowest BCUT2D eigenvalue weighted by Gasteiger charge is -2.36. The third-order valence-corrected chi connectivity index (χ3v) is 5.27. The third kappa shape index (κ3) is 4.35. The fraction of sp³-hybridized carbons (Fsp3) is 0.400. The fourth-order valence-electron chi connectivity index (χ4n) is 3.88. The first-order valence-electron chi connectivity index (χ1n) is 9.46. The van der Waals surface area contributed by atoms with Gasteiger partial charge in [0.05, 0.1) is 17.8 Å². The number of aromatic nitrogens is 3. The molecule has 0 bridgehead atoms. The number of alkyl halides is 3. The molecule has 1 aromatic carbocycles. The van der Waals surface area contributed by atoms with Crippen LogP contribution in [0.15, 0.2) is 30.3 Å². The molecule has 0 unspecified atom stereocenters. The molecule has 4 rings (SSSR count). The van der Waals surface area contributed by atoms with Gasteiger partial charge in [-0.2, -0.15) is 18.3 Å². The molecular formula is C20H22F3N5O. The summed E-state index contributed by atoms with van der Waals surface area (Å²) in [6.45, 7) is 3.73. The van der Waals surface area contributed by atoms with E-state index in [4.69, 9.17) is 0 Å². The Morgan fingerprint density at radius 3 is 2.72 bits per heavy atom. The molecule has 9 heteroatoms. The van der Waals surface area contributed by atoms with Gasteiger partial charge in [0.2, 0.25) is 0 Å². The summed E-state index contributed by atoms with van der Waals surface area (Å²) in [6, 6.07) is 7.96. The molecule has 3 N–H and O–H groups in total. The van der Waals surface area contributed by atoms with E-state index < -0.39 is 18.6 Å². The number of pyridine rings is 1. The van der Waals surface area contributed by atoms with E-state index in [2.05, 4.69) is 20.5 Å². The molecule has 2 aromatic heterocycles. The van der Waals surface area contributed by atoms with E-state index in [9.17, 15) is 18.3 Å². The average Bonchev–Trinajstić information content (AvgIpc) is 3.04. The minimum atomic E-state index is -4.21. The number of phenolic OH excluding ortho intramolecular Hbond substituents is 1. The van der Waals surface area contributed by atoms with Crippen LogP contribution in [0.3, 0.4) is 0 Å². The van der Waals surface area contributed by atoms with Crippen LogP contribution in [-0.2, 0) is 6.54 Å². The summed E-state index contributed by atoms with van der Waals surface area (Å²) in [6.07, 6.45) is -5.05. The topological polar surface area (TPSA) is 77.1 Å². The van der Waals surface area contributed by atoms with E-state index in [0.29, 0.717) is 37.5 Å². The molecule has 1 atom stereocenters. The van der Waals surface area contributed by atoms with Gasteiger partial charge >= 0.3 is 6.18 Å². The summed E-state index contributed by atoms with van der Waals surface area (Å²) in [5.74, 6) is 0.156. The summed E-state index contributed by atoms with van der Waals surface area (Å²) >= 11 is 0. The predicted octanol–water partition coefficient (Wildman–Crippen LogP) is 3.37. The van der Waals surface area contributed by atoms with Crippen LogP contribution in [0.1, 0.15) is 17.7 Å². The van der Waals surface area contributed by atoms with Gasteiger partial charge in [-0.3, -0.25) is 10.00 Å². The van der Waals surface area contributed by atoms with Gasteiger partial charge in [-0.15, -0.1) is 0 Å². The maximum Gasteiger partial charge on any atom is 0.390 e. The van der Waals surface area contributed by atoms with Crippen LogP contribution in [0.5, 0.6) is 5.75 Å². The number of hydrogen-bond acceptors (Lipinski definition) is 5. The van der Waals surface area contributed by atoms with Crippen LogP contribution in [0.2, 0.25) is 0 Å². The van der Waals surface area contributed by atoms with Crippen LogP contribution in [-0.4, -0.2) is 57.0 Å². The third-order valence-electron chi connectivity index (χ3n) is 5.27. The standard InChI is InChI=1S/C20H22F3N5O/c1-12-18-14(11-28-7-6-24-10-15(28)9-20(21,22)23)8-17(25-19(18)27-26-12)13-2-4-16(29)5-3-13/h2-5,8,15,24,29H,6-7,9-11H2,1H3,(H,25,26,27)/t15-/m1/s1. The molecule has 3 heterocycles. The van der Waals surface area contributed by atoms with Gasteiger partial charge in [0.1, 0.15) is 5.75 Å². The Labute approximate surface area is 165 Å². The van der Waals surface area contributed by atoms with Crippen molar-refractivity contribution in [3.05, 3.63) is 41.6 Å². The highest BCUT2D eigenvalue weighted by atomic mass is 19.4. The first-order chi connectivity index (χ1) is 13.8.